The number of benzene rings is 2. The van der Waals surface area contributed by atoms with Gasteiger partial charge in [-0.05, 0) is 54.2 Å². The van der Waals surface area contributed by atoms with Gasteiger partial charge in [-0.15, -0.1) is 0 Å². The maximum absolute atomic E-state index is 15.1. The van der Waals surface area contributed by atoms with Crippen LogP contribution in [0.5, 0.6) is 0 Å². The third kappa shape index (κ3) is 3.35. The second-order valence-corrected chi connectivity index (χ2v) is 8.45. The molecule has 9 heteroatoms. The van der Waals surface area contributed by atoms with Crippen molar-refractivity contribution in [2.24, 2.45) is 5.73 Å². The number of fused-ring (bicyclic) bond motifs is 2. The number of nitrogens with one attached hydrogen (secondary N) is 2. The molecule has 7 nitrogen and oxygen atoms in total. The molecule has 0 atom stereocenters. The van der Waals surface area contributed by atoms with E-state index in [2.05, 4.69) is 9.69 Å². The van der Waals surface area contributed by atoms with Gasteiger partial charge in [-0.2, -0.15) is 0 Å². The molecule has 5 rings (SSSR count). The highest BCUT2D eigenvalue weighted by molar-refractivity contribution is 7.12. The lowest BCUT2D eigenvalue weighted by Crippen LogP contribution is -2.16. The number of aromatic nitrogens is 2. The number of pyridine rings is 1. The summed E-state index contributed by atoms with van der Waals surface area (Å²) in [5.74, 6) is -0.729. The fourth-order valence-electron chi connectivity index (χ4n) is 3.85. The van der Waals surface area contributed by atoms with Gasteiger partial charge in [-0.25, -0.2) is 4.39 Å². The van der Waals surface area contributed by atoms with Crippen LogP contribution in [-0.4, -0.2) is 21.4 Å². The number of halogens is 1. The molecule has 2 aromatic heterocycles. The first-order valence-corrected chi connectivity index (χ1v) is 10.8. The van der Waals surface area contributed by atoms with Gasteiger partial charge in [0.2, 0.25) is 11.3 Å². The first-order valence-electron chi connectivity index (χ1n) is 9.97. The summed E-state index contributed by atoms with van der Waals surface area (Å²) < 4.78 is 19.7. The van der Waals surface area contributed by atoms with E-state index in [1.807, 2.05) is 4.57 Å². The number of amides is 1. The fraction of sp³-hybridized carbons (Fsp3) is 0.227. The van der Waals surface area contributed by atoms with E-state index in [0.717, 1.165) is 24.4 Å². The van der Waals surface area contributed by atoms with Gasteiger partial charge in [0.25, 0.3) is 5.56 Å². The van der Waals surface area contributed by atoms with Crippen molar-refractivity contribution in [2.45, 2.75) is 25.3 Å². The van der Waals surface area contributed by atoms with Crippen molar-refractivity contribution in [1.29, 1.82) is 0 Å². The van der Waals surface area contributed by atoms with E-state index in [1.165, 1.54) is 6.07 Å². The van der Waals surface area contributed by atoms with Crippen LogP contribution in [-0.2, 0) is 4.79 Å². The number of aromatic amines is 1. The lowest BCUT2D eigenvalue weighted by Gasteiger charge is -2.14. The molecular weight excluding hydrogens is 419 g/mol. The molecule has 2 heterocycles. The zero-order chi connectivity index (χ0) is 21.7. The Bertz CT molecular complexity index is 1450. The molecule has 1 aliphatic carbocycles. The molecule has 1 aliphatic rings. The van der Waals surface area contributed by atoms with Crippen LogP contribution in [0, 0.1) is 5.82 Å². The minimum absolute atomic E-state index is 0.0918. The summed E-state index contributed by atoms with van der Waals surface area (Å²) in [7, 11) is 0. The number of rotatable bonds is 5. The highest BCUT2D eigenvalue weighted by Gasteiger charge is 2.29. The molecule has 0 bridgehead atoms. The SMILES string of the molecule is NCCC(=O)Nc1ccc(-c2cc3c(cc2F)c(=O)c2c(=O)[nH]sc2n3C2CC2)cc1. The predicted octanol–water partition coefficient (Wildman–Crippen LogP) is 3.33. The number of hydrogen-bond acceptors (Lipinski definition) is 5. The van der Waals surface area contributed by atoms with E-state index in [4.69, 9.17) is 5.73 Å². The van der Waals surface area contributed by atoms with Crippen molar-refractivity contribution >= 4 is 44.2 Å². The van der Waals surface area contributed by atoms with E-state index >= 15 is 4.39 Å². The number of carbonyl (C=O) groups is 1. The molecule has 0 spiro atoms. The van der Waals surface area contributed by atoms with Crippen molar-refractivity contribution in [2.75, 3.05) is 11.9 Å². The third-order valence-electron chi connectivity index (χ3n) is 5.48. The Morgan fingerprint density at radius 2 is 1.97 bits per heavy atom. The fourth-order valence-corrected chi connectivity index (χ4v) is 4.78. The third-order valence-corrected chi connectivity index (χ3v) is 6.36. The normalized spacial score (nSPS) is 13.7. The molecule has 0 radical (unpaired) electrons. The van der Waals surface area contributed by atoms with Gasteiger partial charge in [0, 0.05) is 35.6 Å². The highest BCUT2D eigenvalue weighted by atomic mass is 32.1. The highest BCUT2D eigenvalue weighted by Crippen LogP contribution is 2.40. The standard InChI is InChI=1S/C22H19FN4O3S/c23-16-9-15-17(27(13-5-6-13)22-19(20(15)29)21(30)26-31-22)10-14(16)11-1-3-12(4-2-11)25-18(28)7-8-24/h1-4,9-10,13H,5-8,24H2,(H,25,28)(H,26,30). The Labute approximate surface area is 179 Å². The van der Waals surface area contributed by atoms with Crippen molar-refractivity contribution in [3.05, 3.63) is 62.8 Å². The Balaban J connectivity index is 1.65. The van der Waals surface area contributed by atoms with Crippen LogP contribution < -0.4 is 22.0 Å². The molecular formula is C22H19FN4O3S. The Kier molecular flexibility index (Phi) is 4.71. The Morgan fingerprint density at radius 3 is 2.65 bits per heavy atom. The van der Waals surface area contributed by atoms with Crippen molar-refractivity contribution in [3.63, 3.8) is 0 Å². The molecule has 4 aromatic rings. The van der Waals surface area contributed by atoms with E-state index < -0.39 is 16.8 Å². The average molecular weight is 438 g/mol. The molecule has 0 unspecified atom stereocenters. The van der Waals surface area contributed by atoms with Crippen LogP contribution in [0.2, 0.25) is 0 Å². The second kappa shape index (κ2) is 7.44. The molecule has 1 fully saturated rings. The van der Waals surface area contributed by atoms with Crippen molar-refractivity contribution < 1.29 is 9.18 Å². The van der Waals surface area contributed by atoms with E-state index in [0.29, 0.717) is 27.2 Å². The maximum Gasteiger partial charge on any atom is 0.271 e. The monoisotopic (exact) mass is 438 g/mol. The smallest absolute Gasteiger partial charge is 0.271 e. The molecule has 2 aromatic carbocycles. The molecule has 0 aliphatic heterocycles. The summed E-state index contributed by atoms with van der Waals surface area (Å²) in [4.78, 5) is 37.4. The summed E-state index contributed by atoms with van der Waals surface area (Å²) in [6, 6.07) is 9.92. The number of carbonyl (C=O) groups excluding carboxylic acids is 1. The topological polar surface area (TPSA) is 110 Å². The minimum Gasteiger partial charge on any atom is -0.330 e. The second-order valence-electron chi connectivity index (χ2n) is 7.66. The van der Waals surface area contributed by atoms with Gasteiger partial charge in [-0.1, -0.05) is 12.1 Å². The van der Waals surface area contributed by atoms with E-state index in [-0.39, 0.29) is 35.7 Å². The summed E-state index contributed by atoms with van der Waals surface area (Å²) in [6.07, 6.45) is 2.12. The number of nitrogens with two attached hydrogens (primary N) is 1. The lowest BCUT2D eigenvalue weighted by molar-refractivity contribution is -0.116. The number of hydrogen-bond donors (Lipinski definition) is 3. The molecule has 31 heavy (non-hydrogen) atoms. The van der Waals surface area contributed by atoms with Crippen LogP contribution in [0.4, 0.5) is 10.1 Å². The van der Waals surface area contributed by atoms with Gasteiger partial charge in [-0.3, -0.25) is 18.8 Å². The summed E-state index contributed by atoms with van der Waals surface area (Å²) in [6.45, 7) is 0.262. The largest absolute Gasteiger partial charge is 0.330 e. The van der Waals surface area contributed by atoms with Crippen LogP contribution in [0.1, 0.15) is 25.3 Å². The predicted molar refractivity (Wildman–Crippen MR) is 120 cm³/mol. The first kappa shape index (κ1) is 19.7. The average Bonchev–Trinajstić information content (AvgIpc) is 3.51. The van der Waals surface area contributed by atoms with Gasteiger partial charge in [0.1, 0.15) is 16.0 Å². The maximum atomic E-state index is 15.1. The summed E-state index contributed by atoms with van der Waals surface area (Å²) >= 11 is 1.14. The zero-order valence-corrected chi connectivity index (χ0v) is 17.2. The van der Waals surface area contributed by atoms with Gasteiger partial charge in [0.15, 0.2) is 0 Å². The van der Waals surface area contributed by atoms with Crippen LogP contribution >= 0.6 is 11.5 Å². The van der Waals surface area contributed by atoms with Crippen molar-refractivity contribution in [3.8, 4) is 11.1 Å². The van der Waals surface area contributed by atoms with E-state index in [9.17, 15) is 14.4 Å². The number of anilines is 1. The zero-order valence-electron chi connectivity index (χ0n) is 16.4. The van der Waals surface area contributed by atoms with Crippen LogP contribution in [0.3, 0.4) is 0 Å². The Morgan fingerprint density at radius 1 is 1.23 bits per heavy atom. The quantitative estimate of drug-likeness (QED) is 0.444. The minimum atomic E-state index is -0.544. The molecule has 0 saturated heterocycles. The first-order chi connectivity index (χ1) is 15.0. The van der Waals surface area contributed by atoms with Gasteiger partial charge >= 0.3 is 0 Å². The van der Waals surface area contributed by atoms with Gasteiger partial charge < -0.3 is 15.6 Å². The lowest BCUT2D eigenvalue weighted by atomic mass is 10.0. The number of H-pyrrole nitrogens is 1. The Hall–Kier alpha value is -3.30. The molecule has 4 N–H and O–H groups in total. The van der Waals surface area contributed by atoms with Crippen molar-refractivity contribution in [1.82, 2.24) is 8.94 Å². The number of nitrogens with zero attached hydrogens (tertiary/aromatic N) is 1. The molecule has 1 saturated carbocycles. The van der Waals surface area contributed by atoms with Crippen LogP contribution in [0.15, 0.2) is 46.0 Å². The van der Waals surface area contributed by atoms with E-state index in [1.54, 1.807) is 30.3 Å². The molecule has 158 valence electrons. The summed E-state index contributed by atoms with van der Waals surface area (Å²) in [5.41, 5.74) is 6.68. The molecule has 1 amide bonds. The summed E-state index contributed by atoms with van der Waals surface area (Å²) in [5, 5.41) is 3.03. The van der Waals surface area contributed by atoms with Gasteiger partial charge in [0.05, 0.1) is 5.52 Å². The van der Waals surface area contributed by atoms with Crippen LogP contribution in [0.25, 0.3) is 32.2 Å².